The first-order valence-electron chi connectivity index (χ1n) is 6.75. The van der Waals surface area contributed by atoms with Crippen molar-refractivity contribution in [2.75, 3.05) is 21.2 Å². The van der Waals surface area contributed by atoms with Crippen LogP contribution in [0.5, 0.6) is 5.75 Å². The Hall–Kier alpha value is -1.68. The number of allylic oxidation sites excluding steroid dienone is 1. The molecule has 1 aromatic carbocycles. The molecule has 0 spiro atoms. The van der Waals surface area contributed by atoms with Crippen LogP contribution in [0.3, 0.4) is 0 Å². The number of ether oxygens (including phenoxy) is 2. The monoisotopic (exact) mass is 310 g/mol. The van der Waals surface area contributed by atoms with Crippen LogP contribution < -0.4 is 4.74 Å². The van der Waals surface area contributed by atoms with Gasteiger partial charge in [-0.1, -0.05) is 11.6 Å². The van der Waals surface area contributed by atoms with E-state index in [9.17, 15) is 0 Å². The normalized spacial score (nSPS) is 12.0. The number of halogens is 1. The van der Waals surface area contributed by atoms with Crippen LogP contribution in [0, 0.1) is 12.3 Å². The molecule has 0 aliphatic carbocycles. The molecule has 21 heavy (non-hydrogen) atoms. The topological polar surface area (TPSA) is 45.6 Å². The lowest BCUT2D eigenvalue weighted by Crippen LogP contribution is -2.17. The van der Waals surface area contributed by atoms with Crippen LogP contribution in [0.4, 0.5) is 0 Å². The van der Waals surface area contributed by atoms with E-state index in [1.165, 1.54) is 7.11 Å². The van der Waals surface area contributed by atoms with E-state index >= 15 is 0 Å². The summed E-state index contributed by atoms with van der Waals surface area (Å²) in [5, 5.41) is 8.51. The lowest BCUT2D eigenvalue weighted by Gasteiger charge is -2.18. The average Bonchev–Trinajstić information content (AvgIpc) is 2.40. The number of rotatable bonds is 6. The van der Waals surface area contributed by atoms with Crippen molar-refractivity contribution in [2.45, 2.75) is 26.9 Å². The molecule has 0 aliphatic rings. The fraction of sp³-hybridized carbons (Fsp3) is 0.438. The van der Waals surface area contributed by atoms with Crippen LogP contribution in [0.15, 0.2) is 29.1 Å². The highest BCUT2D eigenvalue weighted by Crippen LogP contribution is 2.24. The molecule has 0 aliphatic heterocycles. The van der Waals surface area contributed by atoms with E-state index in [-0.39, 0.29) is 16.8 Å². The summed E-state index contributed by atoms with van der Waals surface area (Å²) >= 11 is 6.26. The zero-order valence-corrected chi connectivity index (χ0v) is 14.2. The van der Waals surface area contributed by atoms with Crippen LogP contribution in [-0.4, -0.2) is 37.9 Å². The summed E-state index contributed by atoms with van der Waals surface area (Å²) in [5.74, 6) is 1.28. The molecule has 0 radical (unpaired) electrons. The molecule has 4 nitrogen and oxygen atoms in total. The van der Waals surface area contributed by atoms with Crippen LogP contribution in [-0.2, 0) is 4.74 Å². The number of hydrogen-bond donors (Lipinski definition) is 1. The minimum Gasteiger partial charge on any atom is -0.491 e. The van der Waals surface area contributed by atoms with Gasteiger partial charge in [0.25, 0.3) is 0 Å². The molecular weight excluding hydrogens is 288 g/mol. The third kappa shape index (κ3) is 4.39. The van der Waals surface area contributed by atoms with Gasteiger partial charge in [-0.05, 0) is 44.5 Å². The number of benzene rings is 1. The molecule has 0 unspecified atom stereocenters. The van der Waals surface area contributed by atoms with Gasteiger partial charge in [0, 0.05) is 19.7 Å². The van der Waals surface area contributed by atoms with Crippen LogP contribution >= 0.6 is 11.6 Å². The van der Waals surface area contributed by atoms with Gasteiger partial charge >= 0.3 is 0 Å². The summed E-state index contributed by atoms with van der Waals surface area (Å²) in [6, 6.07) is 5.59. The third-order valence-electron chi connectivity index (χ3n) is 2.83. The maximum Gasteiger partial charge on any atom is 0.210 e. The smallest absolute Gasteiger partial charge is 0.210 e. The predicted octanol–water partition coefficient (Wildman–Crippen LogP) is 3.77. The van der Waals surface area contributed by atoms with Crippen molar-refractivity contribution in [3.63, 3.8) is 0 Å². The standard InChI is InChI=1S/C16H23ClN2O2/c1-10(2)21-13-8-7-12(9-11(13)3)15(18)14(17)16(20-6)19(4)5/h7-10,18H,1-6H3/b16-14-,18-15?. The van der Waals surface area contributed by atoms with E-state index < -0.39 is 0 Å². The Morgan fingerprint density at radius 3 is 2.33 bits per heavy atom. The molecule has 1 N–H and O–H groups in total. The summed E-state index contributed by atoms with van der Waals surface area (Å²) in [5.41, 5.74) is 1.92. The minimum atomic E-state index is 0.117. The molecule has 0 atom stereocenters. The van der Waals surface area contributed by atoms with E-state index in [1.54, 1.807) is 4.90 Å². The Morgan fingerprint density at radius 1 is 1.29 bits per heavy atom. The second kappa shape index (κ2) is 7.36. The summed E-state index contributed by atoms with van der Waals surface area (Å²) < 4.78 is 10.9. The van der Waals surface area contributed by atoms with E-state index in [0.29, 0.717) is 5.88 Å². The Morgan fingerprint density at radius 2 is 1.90 bits per heavy atom. The van der Waals surface area contributed by atoms with Crippen molar-refractivity contribution in [1.82, 2.24) is 4.90 Å². The van der Waals surface area contributed by atoms with Gasteiger partial charge in [-0.15, -0.1) is 0 Å². The Kier molecular flexibility index (Phi) is 6.09. The van der Waals surface area contributed by atoms with Gasteiger partial charge in [0.1, 0.15) is 10.8 Å². The zero-order valence-electron chi connectivity index (χ0n) is 13.5. The van der Waals surface area contributed by atoms with Gasteiger partial charge in [0.05, 0.1) is 18.9 Å². The molecule has 0 bridgehead atoms. The Balaban J connectivity index is 3.12. The first-order valence-corrected chi connectivity index (χ1v) is 7.13. The molecule has 0 aromatic heterocycles. The lowest BCUT2D eigenvalue weighted by atomic mass is 10.1. The fourth-order valence-corrected chi connectivity index (χ4v) is 2.25. The Bertz CT molecular complexity index is 551. The van der Waals surface area contributed by atoms with Crippen molar-refractivity contribution in [3.8, 4) is 5.75 Å². The second-order valence-corrected chi connectivity index (χ2v) is 5.62. The predicted molar refractivity (Wildman–Crippen MR) is 87.3 cm³/mol. The van der Waals surface area contributed by atoms with E-state index in [1.807, 2.05) is 53.1 Å². The van der Waals surface area contributed by atoms with Gasteiger partial charge in [-0.25, -0.2) is 0 Å². The van der Waals surface area contributed by atoms with Gasteiger partial charge in [-0.2, -0.15) is 0 Å². The van der Waals surface area contributed by atoms with Gasteiger partial charge in [-0.3, -0.25) is 5.41 Å². The molecule has 1 aromatic rings. The number of nitrogens with zero attached hydrogens (tertiary/aromatic N) is 1. The molecule has 0 saturated heterocycles. The molecule has 0 amide bonds. The van der Waals surface area contributed by atoms with Gasteiger partial charge in [0.2, 0.25) is 5.88 Å². The molecule has 1 rings (SSSR count). The summed E-state index contributed by atoms with van der Waals surface area (Å²) in [7, 11) is 5.18. The van der Waals surface area contributed by atoms with Crippen LogP contribution in [0.25, 0.3) is 0 Å². The summed E-state index contributed by atoms with van der Waals surface area (Å²) in [4.78, 5) is 1.74. The van der Waals surface area contributed by atoms with Crippen LogP contribution in [0.2, 0.25) is 0 Å². The second-order valence-electron chi connectivity index (χ2n) is 5.24. The van der Waals surface area contributed by atoms with E-state index in [4.69, 9.17) is 26.5 Å². The maximum absolute atomic E-state index is 8.23. The molecule has 116 valence electrons. The summed E-state index contributed by atoms with van der Waals surface area (Å²) in [6.45, 7) is 5.92. The largest absolute Gasteiger partial charge is 0.491 e. The number of methoxy groups -OCH3 is 1. The maximum atomic E-state index is 8.23. The first-order chi connectivity index (χ1) is 9.77. The summed E-state index contributed by atoms with van der Waals surface area (Å²) in [6.07, 6.45) is 0.117. The lowest BCUT2D eigenvalue weighted by molar-refractivity contribution is 0.193. The zero-order chi connectivity index (χ0) is 16.2. The van der Waals surface area contributed by atoms with Crippen molar-refractivity contribution in [1.29, 1.82) is 5.41 Å². The van der Waals surface area contributed by atoms with Crippen molar-refractivity contribution >= 4 is 17.3 Å². The SMILES string of the molecule is CO/C(=C(\Cl)C(=N)c1ccc(OC(C)C)c(C)c1)N(C)C. The molecule has 0 heterocycles. The van der Waals surface area contributed by atoms with E-state index in [2.05, 4.69) is 0 Å². The minimum absolute atomic E-state index is 0.117. The Labute approximate surface area is 131 Å². The quantitative estimate of drug-likeness (QED) is 0.642. The van der Waals surface area contributed by atoms with Crippen molar-refractivity contribution in [3.05, 3.63) is 40.2 Å². The van der Waals surface area contributed by atoms with Crippen LogP contribution in [0.1, 0.15) is 25.0 Å². The highest BCUT2D eigenvalue weighted by molar-refractivity contribution is 6.46. The van der Waals surface area contributed by atoms with Crippen molar-refractivity contribution < 1.29 is 9.47 Å². The number of aryl methyl sites for hydroxylation is 1. The fourth-order valence-electron chi connectivity index (χ4n) is 1.89. The molecule has 0 saturated carbocycles. The molecule has 0 fully saturated rings. The molecular formula is C16H23ClN2O2. The van der Waals surface area contributed by atoms with E-state index in [0.717, 1.165) is 16.9 Å². The molecule has 5 heteroatoms. The first kappa shape index (κ1) is 17.4. The van der Waals surface area contributed by atoms with Gasteiger partial charge < -0.3 is 14.4 Å². The van der Waals surface area contributed by atoms with Gasteiger partial charge in [0.15, 0.2) is 0 Å². The van der Waals surface area contributed by atoms with Crippen molar-refractivity contribution in [2.24, 2.45) is 0 Å². The number of nitrogens with one attached hydrogen (secondary N) is 1. The average molecular weight is 311 g/mol. The number of hydrogen-bond acceptors (Lipinski definition) is 4. The highest BCUT2D eigenvalue weighted by atomic mass is 35.5. The highest BCUT2D eigenvalue weighted by Gasteiger charge is 2.15. The third-order valence-corrected chi connectivity index (χ3v) is 3.18.